The zero-order chi connectivity index (χ0) is 14.7. The molecule has 1 heterocycles. The van der Waals surface area contributed by atoms with Crippen LogP contribution in [0.2, 0.25) is 0 Å². The highest BCUT2D eigenvalue weighted by molar-refractivity contribution is 5.70. The lowest BCUT2D eigenvalue weighted by Crippen LogP contribution is -2.01. The van der Waals surface area contributed by atoms with Gasteiger partial charge in [0.1, 0.15) is 12.4 Å². The molecule has 0 unspecified atom stereocenters. The van der Waals surface area contributed by atoms with Gasteiger partial charge in [-0.2, -0.15) is 0 Å². The van der Waals surface area contributed by atoms with Gasteiger partial charge >= 0.3 is 5.97 Å². The third kappa shape index (κ3) is 3.25. The van der Waals surface area contributed by atoms with Crippen LogP contribution in [0.25, 0.3) is 0 Å². The summed E-state index contributed by atoms with van der Waals surface area (Å²) in [5, 5.41) is 8.79. The van der Waals surface area contributed by atoms with Crippen molar-refractivity contribution in [1.82, 2.24) is 0 Å². The number of aliphatic carboxylic acids is 1. The zero-order valence-electron chi connectivity index (χ0n) is 11.2. The molecule has 5 heteroatoms. The highest BCUT2D eigenvalue weighted by Crippen LogP contribution is 2.32. The molecule has 0 spiro atoms. The van der Waals surface area contributed by atoms with Gasteiger partial charge in [-0.25, -0.2) is 0 Å². The fraction of sp³-hybridized carbons (Fsp3) is 0.188. The number of rotatable bonds is 5. The summed E-state index contributed by atoms with van der Waals surface area (Å²) in [5.74, 6) is 1.24. The average Bonchev–Trinajstić information content (AvgIpc) is 2.92. The molecule has 1 aliphatic heterocycles. The largest absolute Gasteiger partial charge is 0.489 e. The van der Waals surface area contributed by atoms with Crippen LogP contribution in [0.5, 0.6) is 17.2 Å². The molecule has 2 aromatic rings. The molecular weight excluding hydrogens is 272 g/mol. The lowest BCUT2D eigenvalue weighted by atomic mass is 10.1. The Hall–Kier alpha value is -2.69. The van der Waals surface area contributed by atoms with Crippen molar-refractivity contribution in [3.63, 3.8) is 0 Å². The first-order chi connectivity index (χ1) is 10.2. The molecule has 0 aromatic heterocycles. The third-order valence-electron chi connectivity index (χ3n) is 3.10. The van der Waals surface area contributed by atoms with Crippen LogP contribution in [0, 0.1) is 0 Å². The molecule has 0 amide bonds. The van der Waals surface area contributed by atoms with Crippen molar-refractivity contribution in [2.45, 2.75) is 13.0 Å². The van der Waals surface area contributed by atoms with E-state index >= 15 is 0 Å². The molecule has 1 N–H and O–H groups in total. The maximum atomic E-state index is 10.7. The molecule has 21 heavy (non-hydrogen) atoms. The smallest absolute Gasteiger partial charge is 0.307 e. The van der Waals surface area contributed by atoms with Gasteiger partial charge in [-0.15, -0.1) is 0 Å². The monoisotopic (exact) mass is 286 g/mol. The molecule has 0 saturated carbocycles. The maximum Gasteiger partial charge on any atom is 0.307 e. The molecule has 3 rings (SSSR count). The molecule has 2 aromatic carbocycles. The average molecular weight is 286 g/mol. The summed E-state index contributed by atoms with van der Waals surface area (Å²) in [6, 6.07) is 12.7. The van der Waals surface area contributed by atoms with Gasteiger partial charge in [0.2, 0.25) is 6.79 Å². The van der Waals surface area contributed by atoms with Gasteiger partial charge in [-0.3, -0.25) is 4.79 Å². The second-order valence-corrected chi connectivity index (χ2v) is 4.69. The molecule has 0 aliphatic carbocycles. The first-order valence-electron chi connectivity index (χ1n) is 6.53. The molecule has 0 atom stereocenters. The Morgan fingerprint density at radius 2 is 1.95 bits per heavy atom. The first kappa shape index (κ1) is 13.3. The Morgan fingerprint density at radius 1 is 1.10 bits per heavy atom. The summed E-state index contributed by atoms with van der Waals surface area (Å²) in [6.07, 6.45) is -0.0127. The van der Waals surface area contributed by atoms with Gasteiger partial charge in [-0.1, -0.05) is 18.2 Å². The Balaban J connectivity index is 1.66. The van der Waals surface area contributed by atoms with E-state index in [1.165, 1.54) is 0 Å². The van der Waals surface area contributed by atoms with Crippen molar-refractivity contribution < 1.29 is 24.1 Å². The Morgan fingerprint density at radius 3 is 2.81 bits per heavy atom. The van der Waals surface area contributed by atoms with Gasteiger partial charge in [0.05, 0.1) is 6.42 Å². The summed E-state index contributed by atoms with van der Waals surface area (Å²) in [5.41, 5.74) is 1.67. The van der Waals surface area contributed by atoms with Crippen LogP contribution in [-0.4, -0.2) is 17.9 Å². The van der Waals surface area contributed by atoms with Gasteiger partial charge in [0, 0.05) is 0 Å². The van der Waals surface area contributed by atoms with E-state index in [1.54, 1.807) is 24.3 Å². The highest BCUT2D eigenvalue weighted by atomic mass is 16.7. The van der Waals surface area contributed by atoms with E-state index < -0.39 is 5.97 Å². The third-order valence-corrected chi connectivity index (χ3v) is 3.10. The normalized spacial score (nSPS) is 12.2. The Kier molecular flexibility index (Phi) is 3.64. The van der Waals surface area contributed by atoms with Gasteiger partial charge in [0.15, 0.2) is 11.5 Å². The molecule has 108 valence electrons. The molecule has 0 radical (unpaired) electrons. The van der Waals surface area contributed by atoms with E-state index in [0.717, 1.165) is 17.1 Å². The highest BCUT2D eigenvalue weighted by Gasteiger charge is 2.13. The molecular formula is C16H14O5. The van der Waals surface area contributed by atoms with E-state index in [-0.39, 0.29) is 13.2 Å². The zero-order valence-corrected chi connectivity index (χ0v) is 11.2. The molecule has 1 aliphatic rings. The summed E-state index contributed by atoms with van der Waals surface area (Å²) in [6.45, 7) is 0.629. The number of carboxylic acids is 1. The number of carboxylic acid groups (broad SMARTS) is 1. The predicted octanol–water partition coefficient (Wildman–Crippen LogP) is 2.62. The fourth-order valence-electron chi connectivity index (χ4n) is 2.12. The van der Waals surface area contributed by atoms with Crippen LogP contribution in [0.3, 0.4) is 0 Å². The number of carbonyl (C=O) groups is 1. The van der Waals surface area contributed by atoms with Crippen LogP contribution in [-0.2, 0) is 17.8 Å². The minimum absolute atomic E-state index is 0.0127. The van der Waals surface area contributed by atoms with Crippen LogP contribution < -0.4 is 14.2 Å². The quantitative estimate of drug-likeness (QED) is 0.915. The van der Waals surface area contributed by atoms with Crippen LogP contribution in [0.15, 0.2) is 42.5 Å². The Labute approximate surface area is 121 Å². The van der Waals surface area contributed by atoms with Gasteiger partial charge in [-0.05, 0) is 35.4 Å². The number of ether oxygens (including phenoxy) is 3. The van der Waals surface area contributed by atoms with Crippen molar-refractivity contribution >= 4 is 5.97 Å². The molecule has 5 nitrogen and oxygen atoms in total. The van der Waals surface area contributed by atoms with Crippen molar-refractivity contribution in [2.24, 2.45) is 0 Å². The molecule has 0 bridgehead atoms. The van der Waals surface area contributed by atoms with Crippen LogP contribution in [0.4, 0.5) is 0 Å². The number of benzene rings is 2. The van der Waals surface area contributed by atoms with Crippen molar-refractivity contribution in [2.75, 3.05) is 6.79 Å². The first-order valence-corrected chi connectivity index (χ1v) is 6.53. The van der Waals surface area contributed by atoms with Crippen LogP contribution >= 0.6 is 0 Å². The minimum Gasteiger partial charge on any atom is -0.489 e. The van der Waals surface area contributed by atoms with E-state index in [9.17, 15) is 4.79 Å². The number of hydrogen-bond donors (Lipinski definition) is 1. The number of fused-ring (bicyclic) bond motifs is 1. The number of hydrogen-bond acceptors (Lipinski definition) is 4. The van der Waals surface area contributed by atoms with Crippen molar-refractivity contribution in [3.05, 3.63) is 53.6 Å². The van der Waals surface area contributed by atoms with E-state index in [1.807, 2.05) is 18.2 Å². The lowest BCUT2D eigenvalue weighted by molar-refractivity contribution is -0.136. The molecule has 0 fully saturated rings. The van der Waals surface area contributed by atoms with E-state index in [0.29, 0.717) is 17.9 Å². The van der Waals surface area contributed by atoms with Crippen molar-refractivity contribution in [1.29, 1.82) is 0 Å². The van der Waals surface area contributed by atoms with Crippen LogP contribution in [0.1, 0.15) is 11.1 Å². The topological polar surface area (TPSA) is 65.0 Å². The second kappa shape index (κ2) is 5.75. The van der Waals surface area contributed by atoms with E-state index in [2.05, 4.69) is 0 Å². The minimum atomic E-state index is -0.858. The lowest BCUT2D eigenvalue weighted by Gasteiger charge is -2.08. The Bertz CT molecular complexity index is 665. The summed E-state index contributed by atoms with van der Waals surface area (Å²) in [4.78, 5) is 10.7. The summed E-state index contributed by atoms with van der Waals surface area (Å²) >= 11 is 0. The standard InChI is InChI=1S/C16H14O5/c17-16(18)8-11-2-1-3-13(6-11)19-9-12-4-5-14-15(7-12)21-10-20-14/h1-7H,8-10H2,(H,17,18). The molecule has 0 saturated heterocycles. The predicted molar refractivity (Wildman–Crippen MR) is 74.7 cm³/mol. The van der Waals surface area contributed by atoms with E-state index in [4.69, 9.17) is 19.3 Å². The van der Waals surface area contributed by atoms with Gasteiger partial charge in [0.25, 0.3) is 0 Å². The summed E-state index contributed by atoms with van der Waals surface area (Å²) in [7, 11) is 0. The van der Waals surface area contributed by atoms with Gasteiger partial charge < -0.3 is 19.3 Å². The summed E-state index contributed by atoms with van der Waals surface area (Å²) < 4.78 is 16.2. The fourth-order valence-corrected chi connectivity index (χ4v) is 2.12. The maximum absolute atomic E-state index is 10.7. The second-order valence-electron chi connectivity index (χ2n) is 4.69. The van der Waals surface area contributed by atoms with Crippen molar-refractivity contribution in [3.8, 4) is 17.2 Å². The SMILES string of the molecule is O=C(O)Cc1cccc(OCc2ccc3c(c2)OCO3)c1.